The number of aliphatic hydroxyl groups is 4. The Hall–Kier alpha value is -1.55. The molecule has 0 aliphatic carbocycles. The molecule has 27 heavy (non-hydrogen) atoms. The normalized spacial score (nSPS) is 29.0. The van der Waals surface area contributed by atoms with Gasteiger partial charge in [0.2, 0.25) is 0 Å². The lowest BCUT2D eigenvalue weighted by Crippen LogP contribution is -2.61. The number of ether oxygens (including phenoxy) is 1. The van der Waals surface area contributed by atoms with Crippen LogP contribution in [0.5, 0.6) is 0 Å². The molecule has 0 aromatic heterocycles. The Morgan fingerprint density at radius 2 is 1.67 bits per heavy atom. The summed E-state index contributed by atoms with van der Waals surface area (Å²) in [6.45, 7) is 5.59. The van der Waals surface area contributed by atoms with Crippen molar-refractivity contribution < 1.29 is 35.1 Å². The van der Waals surface area contributed by atoms with Crippen molar-refractivity contribution in [3.63, 3.8) is 0 Å². The fourth-order valence-electron chi connectivity index (χ4n) is 2.67. The number of hydrogen-bond donors (Lipinski definition) is 6. The van der Waals surface area contributed by atoms with E-state index in [-0.39, 0.29) is 0 Å². The summed E-state index contributed by atoms with van der Waals surface area (Å²) in [6.07, 6.45) is -3.81. The first-order valence-electron chi connectivity index (χ1n) is 8.96. The Labute approximate surface area is 159 Å². The van der Waals surface area contributed by atoms with Gasteiger partial charge in [-0.25, -0.2) is 0 Å². The minimum atomic E-state index is -1.35. The lowest BCUT2D eigenvalue weighted by molar-refractivity contribution is -0.248. The summed E-state index contributed by atoms with van der Waals surface area (Å²) in [5, 5.41) is 44.9. The molecule has 1 aromatic carbocycles. The number of carboxylic acids is 1. The fraction of sp³-hybridized carbons (Fsp3) is 0.632. The molecule has 0 amide bonds. The van der Waals surface area contributed by atoms with Crippen molar-refractivity contribution in [2.24, 2.45) is 11.7 Å². The third-order valence-electron chi connectivity index (χ3n) is 4.44. The SMILES string of the molecule is CC(C)Cc1ccc(C(C)C(=O)O)cc1.N[C@H]1C(O)O[C@H](CO)[C@@H](O)[C@@H]1O. The van der Waals surface area contributed by atoms with Crippen molar-refractivity contribution in [3.8, 4) is 0 Å². The van der Waals surface area contributed by atoms with Crippen LogP contribution in [0.1, 0.15) is 37.8 Å². The quantitative estimate of drug-likeness (QED) is 0.408. The predicted octanol–water partition coefficient (Wildman–Crippen LogP) is -0.182. The van der Waals surface area contributed by atoms with Gasteiger partial charge < -0.3 is 36.0 Å². The van der Waals surface area contributed by atoms with Crippen LogP contribution in [0.25, 0.3) is 0 Å². The smallest absolute Gasteiger partial charge is 0.310 e. The van der Waals surface area contributed by atoms with Crippen LogP contribution in [0.4, 0.5) is 0 Å². The molecule has 0 bridgehead atoms. The standard InChI is InChI=1S/C13H18O2.C6H13NO5/c1-9(2)8-11-4-6-12(7-5-11)10(3)13(14)15;7-3-5(10)4(9)2(1-8)12-6(3)11/h4-7,9-10H,8H2,1-3H3,(H,14,15);2-6,8-11H,1,7H2/t;2-,3-,4-,5-,6?/m.1/s1. The third-order valence-corrected chi connectivity index (χ3v) is 4.44. The van der Waals surface area contributed by atoms with E-state index in [9.17, 15) is 15.0 Å². The fourth-order valence-corrected chi connectivity index (χ4v) is 2.67. The highest BCUT2D eigenvalue weighted by Crippen LogP contribution is 2.18. The van der Waals surface area contributed by atoms with Gasteiger partial charge in [-0.2, -0.15) is 0 Å². The zero-order chi connectivity index (χ0) is 20.7. The summed E-state index contributed by atoms with van der Waals surface area (Å²) in [5.74, 6) is -0.558. The van der Waals surface area contributed by atoms with Crippen LogP contribution < -0.4 is 5.73 Å². The molecule has 2 unspecified atom stereocenters. The first kappa shape index (κ1) is 23.5. The Balaban J connectivity index is 0.000000277. The molecule has 0 spiro atoms. The Bertz CT molecular complexity index is 573. The highest BCUT2D eigenvalue weighted by molar-refractivity contribution is 5.75. The average Bonchev–Trinajstić information content (AvgIpc) is 2.63. The third kappa shape index (κ3) is 6.84. The van der Waals surface area contributed by atoms with Crippen molar-refractivity contribution in [3.05, 3.63) is 35.4 Å². The van der Waals surface area contributed by atoms with Crippen LogP contribution in [-0.2, 0) is 16.0 Å². The molecule has 8 heteroatoms. The highest BCUT2D eigenvalue weighted by Gasteiger charge is 2.41. The second kappa shape index (κ2) is 10.7. The second-order valence-electron chi connectivity index (χ2n) is 7.21. The highest BCUT2D eigenvalue weighted by atomic mass is 16.6. The predicted molar refractivity (Wildman–Crippen MR) is 99.0 cm³/mol. The Morgan fingerprint density at radius 3 is 2.11 bits per heavy atom. The first-order chi connectivity index (χ1) is 12.6. The van der Waals surface area contributed by atoms with Gasteiger partial charge in [0, 0.05) is 0 Å². The van der Waals surface area contributed by atoms with Gasteiger partial charge in [-0.1, -0.05) is 38.1 Å². The van der Waals surface area contributed by atoms with Crippen LogP contribution in [0.3, 0.4) is 0 Å². The molecule has 7 N–H and O–H groups in total. The Kier molecular flexibility index (Phi) is 9.31. The molecule has 1 heterocycles. The largest absolute Gasteiger partial charge is 0.481 e. The molecule has 1 aliphatic heterocycles. The molecule has 1 fully saturated rings. The monoisotopic (exact) mass is 385 g/mol. The van der Waals surface area contributed by atoms with Crippen LogP contribution in [0.15, 0.2) is 24.3 Å². The number of rotatable bonds is 5. The number of benzene rings is 1. The molecule has 1 aromatic rings. The zero-order valence-corrected chi connectivity index (χ0v) is 15.9. The minimum Gasteiger partial charge on any atom is -0.481 e. The molecule has 0 radical (unpaired) electrons. The maximum absolute atomic E-state index is 10.8. The van der Waals surface area contributed by atoms with Crippen molar-refractivity contribution >= 4 is 5.97 Å². The molecule has 0 saturated carbocycles. The lowest BCUT2D eigenvalue weighted by Gasteiger charge is -2.38. The molecule has 1 aliphatic rings. The van der Waals surface area contributed by atoms with Crippen molar-refractivity contribution in [1.29, 1.82) is 0 Å². The molecule has 8 nitrogen and oxygen atoms in total. The van der Waals surface area contributed by atoms with Gasteiger partial charge in [-0.3, -0.25) is 4.79 Å². The van der Waals surface area contributed by atoms with E-state index in [1.807, 2.05) is 24.3 Å². The molecule has 2 rings (SSSR count). The van der Waals surface area contributed by atoms with Crippen molar-refractivity contribution in [2.75, 3.05) is 6.61 Å². The van der Waals surface area contributed by atoms with Gasteiger partial charge in [-0.15, -0.1) is 0 Å². The summed E-state index contributed by atoms with van der Waals surface area (Å²) in [6, 6.07) is 6.83. The van der Waals surface area contributed by atoms with Gasteiger partial charge in [0.1, 0.15) is 18.3 Å². The number of aliphatic hydroxyl groups excluding tert-OH is 4. The van der Waals surface area contributed by atoms with Crippen LogP contribution in [0, 0.1) is 5.92 Å². The maximum Gasteiger partial charge on any atom is 0.310 e. The number of carboxylic acid groups (broad SMARTS) is 1. The minimum absolute atomic E-state index is 0.418. The summed E-state index contributed by atoms with van der Waals surface area (Å²) >= 11 is 0. The van der Waals surface area contributed by atoms with E-state index >= 15 is 0 Å². The molecule has 6 atom stereocenters. The molecule has 154 valence electrons. The maximum atomic E-state index is 10.8. The van der Waals surface area contributed by atoms with E-state index in [1.165, 1.54) is 5.56 Å². The summed E-state index contributed by atoms with van der Waals surface area (Å²) in [5.41, 5.74) is 7.40. The van der Waals surface area contributed by atoms with Gasteiger partial charge >= 0.3 is 5.97 Å². The number of hydrogen-bond acceptors (Lipinski definition) is 7. The zero-order valence-electron chi connectivity index (χ0n) is 15.9. The van der Waals surface area contributed by atoms with E-state index in [4.69, 9.17) is 25.8 Å². The first-order valence-corrected chi connectivity index (χ1v) is 8.96. The number of nitrogens with two attached hydrogens (primary N) is 1. The van der Waals surface area contributed by atoms with Gasteiger partial charge in [0.15, 0.2) is 6.29 Å². The van der Waals surface area contributed by atoms with Gasteiger partial charge in [0.05, 0.1) is 18.6 Å². The van der Waals surface area contributed by atoms with Crippen LogP contribution in [-0.4, -0.2) is 68.8 Å². The number of aliphatic carboxylic acids is 1. The lowest BCUT2D eigenvalue weighted by atomic mass is 9.97. The Morgan fingerprint density at radius 1 is 1.11 bits per heavy atom. The average molecular weight is 385 g/mol. The topological polar surface area (TPSA) is 153 Å². The molecule has 1 saturated heterocycles. The van der Waals surface area contributed by atoms with E-state index in [0.29, 0.717) is 5.92 Å². The van der Waals surface area contributed by atoms with Crippen LogP contribution in [0.2, 0.25) is 0 Å². The summed E-state index contributed by atoms with van der Waals surface area (Å²) in [4.78, 5) is 10.8. The molecular formula is C19H31NO7. The molecular weight excluding hydrogens is 354 g/mol. The van der Waals surface area contributed by atoms with E-state index in [2.05, 4.69) is 13.8 Å². The van der Waals surface area contributed by atoms with Gasteiger partial charge in [0.25, 0.3) is 0 Å². The summed E-state index contributed by atoms with van der Waals surface area (Å²) < 4.78 is 4.70. The van der Waals surface area contributed by atoms with Crippen molar-refractivity contribution in [2.45, 2.75) is 63.8 Å². The number of carbonyl (C=O) groups is 1. The van der Waals surface area contributed by atoms with Gasteiger partial charge in [-0.05, 0) is 30.4 Å². The van der Waals surface area contributed by atoms with Crippen molar-refractivity contribution in [1.82, 2.24) is 0 Å². The van der Waals surface area contributed by atoms with E-state index in [0.717, 1.165) is 12.0 Å². The van der Waals surface area contributed by atoms with E-state index < -0.39 is 49.1 Å². The summed E-state index contributed by atoms with van der Waals surface area (Å²) in [7, 11) is 0. The van der Waals surface area contributed by atoms with Crippen LogP contribution >= 0.6 is 0 Å². The van der Waals surface area contributed by atoms with E-state index in [1.54, 1.807) is 6.92 Å². The second-order valence-corrected chi connectivity index (χ2v) is 7.21.